The number of aliphatic hydroxyl groups is 1. The first kappa shape index (κ1) is 16.8. The third-order valence-electron chi connectivity index (χ3n) is 4.34. The Balaban J connectivity index is 2.66. The quantitative estimate of drug-likeness (QED) is 0.729. The summed E-state index contributed by atoms with van der Waals surface area (Å²) in [5, 5.41) is 13.0. The Morgan fingerprint density at radius 1 is 1.15 bits per heavy atom. The summed E-state index contributed by atoms with van der Waals surface area (Å²) < 4.78 is 0. The van der Waals surface area contributed by atoms with Gasteiger partial charge in [-0.25, -0.2) is 4.98 Å². The van der Waals surface area contributed by atoms with E-state index in [1.165, 1.54) is 0 Å². The number of rotatable bonds is 9. The number of pyridine rings is 1. The summed E-state index contributed by atoms with van der Waals surface area (Å²) in [6.07, 6.45) is 3.82. The highest BCUT2D eigenvalue weighted by Crippen LogP contribution is 2.26. The van der Waals surface area contributed by atoms with Crippen LogP contribution in [-0.2, 0) is 0 Å². The SMILES string of the molecule is CCN(CC)c1ccc(NCC(CC)(CC)CO)cn1. The summed E-state index contributed by atoms with van der Waals surface area (Å²) in [6, 6.07) is 4.11. The van der Waals surface area contributed by atoms with E-state index in [9.17, 15) is 5.11 Å². The lowest BCUT2D eigenvalue weighted by Gasteiger charge is -2.30. The molecule has 2 N–H and O–H groups in total. The van der Waals surface area contributed by atoms with Gasteiger partial charge in [-0.2, -0.15) is 0 Å². The monoisotopic (exact) mass is 279 g/mol. The first-order valence-electron chi connectivity index (χ1n) is 7.70. The second kappa shape index (κ2) is 8.10. The topological polar surface area (TPSA) is 48.4 Å². The number of nitrogens with one attached hydrogen (secondary N) is 1. The van der Waals surface area contributed by atoms with E-state index in [4.69, 9.17) is 0 Å². The van der Waals surface area contributed by atoms with Gasteiger partial charge in [0.1, 0.15) is 5.82 Å². The highest BCUT2D eigenvalue weighted by atomic mass is 16.3. The first-order valence-corrected chi connectivity index (χ1v) is 7.70. The van der Waals surface area contributed by atoms with E-state index in [1.54, 1.807) is 0 Å². The van der Waals surface area contributed by atoms with Crippen molar-refractivity contribution in [3.63, 3.8) is 0 Å². The predicted molar refractivity (Wildman–Crippen MR) is 86.4 cm³/mol. The van der Waals surface area contributed by atoms with Crippen molar-refractivity contribution < 1.29 is 5.11 Å². The number of anilines is 2. The summed E-state index contributed by atoms with van der Waals surface area (Å²) in [4.78, 5) is 6.72. The van der Waals surface area contributed by atoms with E-state index in [2.05, 4.69) is 49.0 Å². The number of aromatic nitrogens is 1. The lowest BCUT2D eigenvalue weighted by Crippen LogP contribution is -2.32. The maximum atomic E-state index is 9.57. The molecule has 20 heavy (non-hydrogen) atoms. The van der Waals surface area contributed by atoms with Crippen LogP contribution in [0.2, 0.25) is 0 Å². The van der Waals surface area contributed by atoms with E-state index < -0.39 is 0 Å². The van der Waals surface area contributed by atoms with Gasteiger partial charge in [-0.05, 0) is 38.8 Å². The van der Waals surface area contributed by atoms with Gasteiger partial charge < -0.3 is 15.3 Å². The van der Waals surface area contributed by atoms with E-state index in [0.717, 1.165) is 44.0 Å². The molecule has 1 aromatic heterocycles. The molecule has 0 spiro atoms. The van der Waals surface area contributed by atoms with Gasteiger partial charge in [-0.1, -0.05) is 13.8 Å². The highest BCUT2D eigenvalue weighted by Gasteiger charge is 2.24. The highest BCUT2D eigenvalue weighted by molar-refractivity contribution is 5.48. The molecule has 0 bridgehead atoms. The van der Waals surface area contributed by atoms with Crippen LogP contribution in [0.4, 0.5) is 11.5 Å². The zero-order chi connectivity index (χ0) is 15.0. The van der Waals surface area contributed by atoms with Gasteiger partial charge in [0.25, 0.3) is 0 Å². The van der Waals surface area contributed by atoms with Gasteiger partial charge in [0.05, 0.1) is 18.5 Å². The summed E-state index contributed by atoms with van der Waals surface area (Å²) >= 11 is 0. The van der Waals surface area contributed by atoms with Crippen molar-refractivity contribution in [3.8, 4) is 0 Å². The Morgan fingerprint density at radius 3 is 2.20 bits per heavy atom. The minimum Gasteiger partial charge on any atom is -0.396 e. The molecule has 0 atom stereocenters. The fraction of sp³-hybridized carbons (Fsp3) is 0.688. The molecule has 0 aliphatic heterocycles. The van der Waals surface area contributed by atoms with Crippen LogP contribution in [0, 0.1) is 5.41 Å². The molecular formula is C16H29N3O. The van der Waals surface area contributed by atoms with Gasteiger partial charge in [0, 0.05) is 25.0 Å². The number of aliphatic hydroxyl groups excluding tert-OH is 1. The van der Waals surface area contributed by atoms with Gasteiger partial charge >= 0.3 is 0 Å². The Hall–Kier alpha value is -1.29. The predicted octanol–water partition coefficient (Wildman–Crippen LogP) is 3.14. The average molecular weight is 279 g/mol. The Kier molecular flexibility index (Phi) is 6.79. The van der Waals surface area contributed by atoms with Crippen molar-refractivity contribution in [3.05, 3.63) is 18.3 Å². The van der Waals surface area contributed by atoms with Gasteiger partial charge in [0.2, 0.25) is 0 Å². The third kappa shape index (κ3) is 4.10. The second-order valence-electron chi connectivity index (χ2n) is 5.30. The number of nitrogens with zero attached hydrogens (tertiary/aromatic N) is 2. The summed E-state index contributed by atoms with van der Waals surface area (Å²) in [6.45, 7) is 11.5. The van der Waals surface area contributed by atoms with E-state index in [1.807, 2.05) is 12.3 Å². The zero-order valence-electron chi connectivity index (χ0n) is 13.3. The molecule has 0 fully saturated rings. The van der Waals surface area contributed by atoms with Crippen LogP contribution in [0.5, 0.6) is 0 Å². The van der Waals surface area contributed by atoms with Gasteiger partial charge in [0.15, 0.2) is 0 Å². The van der Waals surface area contributed by atoms with Crippen LogP contribution in [-0.4, -0.2) is 36.3 Å². The number of hydrogen-bond donors (Lipinski definition) is 2. The van der Waals surface area contributed by atoms with Gasteiger partial charge in [-0.15, -0.1) is 0 Å². The lowest BCUT2D eigenvalue weighted by atomic mass is 9.83. The molecule has 4 heteroatoms. The van der Waals surface area contributed by atoms with Crippen LogP contribution in [0.15, 0.2) is 18.3 Å². The van der Waals surface area contributed by atoms with E-state index >= 15 is 0 Å². The molecule has 0 unspecified atom stereocenters. The Morgan fingerprint density at radius 2 is 1.80 bits per heavy atom. The van der Waals surface area contributed by atoms with Crippen molar-refractivity contribution >= 4 is 11.5 Å². The minimum atomic E-state index is -0.0302. The molecule has 0 amide bonds. The van der Waals surface area contributed by atoms with E-state index in [0.29, 0.717) is 0 Å². The summed E-state index contributed by atoms with van der Waals surface area (Å²) in [5.74, 6) is 1.01. The molecule has 1 aromatic rings. The molecule has 0 saturated carbocycles. The van der Waals surface area contributed by atoms with Crippen molar-refractivity contribution in [1.29, 1.82) is 0 Å². The lowest BCUT2D eigenvalue weighted by molar-refractivity contribution is 0.127. The van der Waals surface area contributed by atoms with Crippen molar-refractivity contribution in [2.75, 3.05) is 36.5 Å². The number of hydrogen-bond acceptors (Lipinski definition) is 4. The van der Waals surface area contributed by atoms with Crippen molar-refractivity contribution in [1.82, 2.24) is 4.98 Å². The average Bonchev–Trinajstić information content (AvgIpc) is 2.52. The molecule has 1 rings (SSSR count). The molecular weight excluding hydrogens is 250 g/mol. The van der Waals surface area contributed by atoms with Crippen LogP contribution in [0.1, 0.15) is 40.5 Å². The van der Waals surface area contributed by atoms with Crippen LogP contribution >= 0.6 is 0 Å². The van der Waals surface area contributed by atoms with Crippen LogP contribution in [0.3, 0.4) is 0 Å². The molecule has 0 saturated heterocycles. The Labute approximate surface area is 123 Å². The second-order valence-corrected chi connectivity index (χ2v) is 5.30. The first-order chi connectivity index (χ1) is 9.64. The fourth-order valence-electron chi connectivity index (χ4n) is 2.29. The minimum absolute atomic E-state index is 0.0302. The molecule has 0 aliphatic carbocycles. The normalized spacial score (nSPS) is 11.4. The molecule has 4 nitrogen and oxygen atoms in total. The maximum absolute atomic E-state index is 9.57. The molecule has 1 heterocycles. The fourth-order valence-corrected chi connectivity index (χ4v) is 2.29. The molecule has 114 valence electrons. The van der Waals surface area contributed by atoms with Crippen molar-refractivity contribution in [2.45, 2.75) is 40.5 Å². The van der Waals surface area contributed by atoms with Gasteiger partial charge in [-0.3, -0.25) is 0 Å². The summed E-state index contributed by atoms with van der Waals surface area (Å²) in [5.41, 5.74) is 0.984. The van der Waals surface area contributed by atoms with Crippen LogP contribution < -0.4 is 10.2 Å². The standard InChI is InChI=1S/C16H29N3O/c1-5-16(6-2,13-20)12-18-14-9-10-15(17-11-14)19(7-3)8-4/h9-11,18,20H,5-8,12-13H2,1-4H3. The zero-order valence-corrected chi connectivity index (χ0v) is 13.3. The Bertz CT molecular complexity index is 362. The maximum Gasteiger partial charge on any atom is 0.128 e. The molecule has 0 aromatic carbocycles. The van der Waals surface area contributed by atoms with E-state index in [-0.39, 0.29) is 12.0 Å². The smallest absolute Gasteiger partial charge is 0.128 e. The molecule has 0 aliphatic rings. The molecule has 0 radical (unpaired) electrons. The third-order valence-corrected chi connectivity index (χ3v) is 4.34. The summed E-state index contributed by atoms with van der Waals surface area (Å²) in [7, 11) is 0. The van der Waals surface area contributed by atoms with Crippen molar-refractivity contribution in [2.24, 2.45) is 5.41 Å². The largest absolute Gasteiger partial charge is 0.396 e. The van der Waals surface area contributed by atoms with Crippen LogP contribution in [0.25, 0.3) is 0 Å².